The van der Waals surface area contributed by atoms with Gasteiger partial charge in [-0.2, -0.15) is 0 Å². The number of carbonyl (C=O) groups is 1. The van der Waals surface area contributed by atoms with E-state index in [-0.39, 0.29) is 5.78 Å². The molecule has 2 heterocycles. The quantitative estimate of drug-likeness (QED) is 0.725. The van der Waals surface area contributed by atoms with Crippen LogP contribution >= 0.6 is 31.9 Å². The summed E-state index contributed by atoms with van der Waals surface area (Å²) in [6.45, 7) is 1.02. The number of ether oxygens (including phenoxy) is 2. The summed E-state index contributed by atoms with van der Waals surface area (Å²) in [6, 6.07) is 6.94. The van der Waals surface area contributed by atoms with E-state index in [0.717, 1.165) is 4.47 Å². The zero-order valence-corrected chi connectivity index (χ0v) is 13.4. The number of pyridine rings is 1. The molecule has 1 aromatic heterocycles. The van der Waals surface area contributed by atoms with Crippen molar-refractivity contribution < 1.29 is 14.3 Å². The minimum absolute atomic E-state index is 0.165. The first-order valence-corrected chi connectivity index (χ1v) is 7.49. The number of fused-ring (bicyclic) bond motifs is 1. The molecule has 1 aromatic carbocycles. The van der Waals surface area contributed by atoms with Crippen LogP contribution in [0.15, 0.2) is 39.4 Å². The van der Waals surface area contributed by atoms with Crippen LogP contribution in [0.3, 0.4) is 0 Å². The van der Waals surface area contributed by atoms with Crippen LogP contribution in [0, 0.1) is 0 Å². The van der Waals surface area contributed by atoms with Crippen molar-refractivity contribution >= 4 is 37.6 Å². The fourth-order valence-corrected chi connectivity index (χ4v) is 3.07. The smallest absolute Gasteiger partial charge is 0.212 e. The average molecular weight is 399 g/mol. The first-order chi connectivity index (χ1) is 9.65. The molecule has 0 spiro atoms. The van der Waals surface area contributed by atoms with Crippen LogP contribution in [0.1, 0.15) is 16.1 Å². The van der Waals surface area contributed by atoms with E-state index >= 15 is 0 Å². The number of benzene rings is 1. The maximum Gasteiger partial charge on any atom is 0.212 e. The molecule has 20 heavy (non-hydrogen) atoms. The van der Waals surface area contributed by atoms with Crippen molar-refractivity contribution in [3.63, 3.8) is 0 Å². The minimum Gasteiger partial charge on any atom is -0.486 e. The van der Waals surface area contributed by atoms with Crippen molar-refractivity contribution in [2.45, 2.75) is 0 Å². The van der Waals surface area contributed by atoms with E-state index in [1.54, 1.807) is 30.5 Å². The lowest BCUT2D eigenvalue weighted by molar-refractivity contribution is 0.103. The SMILES string of the molecule is O=C(c1ccc2c(c1)OCCO2)c1ncc(Br)cc1Br. The fraction of sp³-hybridized carbons (Fsp3) is 0.143. The molecular weight excluding hydrogens is 390 g/mol. The summed E-state index contributed by atoms with van der Waals surface area (Å²) in [5, 5.41) is 0. The molecule has 0 aliphatic carbocycles. The van der Waals surface area contributed by atoms with Crippen LogP contribution in [-0.2, 0) is 0 Å². The van der Waals surface area contributed by atoms with E-state index in [1.807, 2.05) is 0 Å². The number of hydrogen-bond acceptors (Lipinski definition) is 4. The highest BCUT2D eigenvalue weighted by Crippen LogP contribution is 2.32. The zero-order chi connectivity index (χ0) is 14.1. The molecule has 4 nitrogen and oxygen atoms in total. The number of ketones is 1. The van der Waals surface area contributed by atoms with Gasteiger partial charge in [-0.3, -0.25) is 9.78 Å². The van der Waals surface area contributed by atoms with E-state index in [9.17, 15) is 4.79 Å². The molecule has 0 bridgehead atoms. The van der Waals surface area contributed by atoms with Crippen LogP contribution in [0.2, 0.25) is 0 Å². The monoisotopic (exact) mass is 397 g/mol. The van der Waals surface area contributed by atoms with Crippen molar-refractivity contribution in [1.29, 1.82) is 0 Å². The van der Waals surface area contributed by atoms with E-state index in [0.29, 0.717) is 40.4 Å². The molecule has 0 saturated carbocycles. The molecule has 0 saturated heterocycles. The van der Waals surface area contributed by atoms with E-state index < -0.39 is 0 Å². The number of nitrogens with zero attached hydrogens (tertiary/aromatic N) is 1. The third kappa shape index (κ3) is 2.58. The second-order valence-electron chi connectivity index (χ2n) is 4.17. The number of aromatic nitrogens is 1. The Balaban J connectivity index is 1.98. The summed E-state index contributed by atoms with van der Waals surface area (Å²) >= 11 is 6.66. The second kappa shape index (κ2) is 5.54. The van der Waals surface area contributed by atoms with Gasteiger partial charge in [0.2, 0.25) is 5.78 Å². The van der Waals surface area contributed by atoms with E-state index in [2.05, 4.69) is 36.8 Å². The van der Waals surface area contributed by atoms with Gasteiger partial charge in [0.1, 0.15) is 18.9 Å². The van der Waals surface area contributed by atoms with Gasteiger partial charge in [-0.05, 0) is 56.1 Å². The topological polar surface area (TPSA) is 48.4 Å². The second-order valence-corrected chi connectivity index (χ2v) is 5.94. The molecular formula is C14H9Br2NO3. The molecule has 0 fully saturated rings. The maximum atomic E-state index is 12.5. The number of hydrogen-bond donors (Lipinski definition) is 0. The summed E-state index contributed by atoms with van der Waals surface area (Å²) in [6.07, 6.45) is 1.59. The Morgan fingerprint density at radius 1 is 1.10 bits per heavy atom. The lowest BCUT2D eigenvalue weighted by Gasteiger charge is -2.18. The normalized spacial score (nSPS) is 13.1. The Morgan fingerprint density at radius 3 is 2.60 bits per heavy atom. The van der Waals surface area contributed by atoms with Crippen molar-refractivity contribution in [3.05, 3.63) is 50.7 Å². The Morgan fingerprint density at radius 2 is 1.85 bits per heavy atom. The summed E-state index contributed by atoms with van der Waals surface area (Å²) in [4.78, 5) is 16.6. The highest BCUT2D eigenvalue weighted by Gasteiger charge is 2.18. The molecule has 0 radical (unpaired) electrons. The largest absolute Gasteiger partial charge is 0.486 e. The lowest BCUT2D eigenvalue weighted by Crippen LogP contribution is -2.16. The first-order valence-electron chi connectivity index (χ1n) is 5.90. The Hall–Kier alpha value is -1.40. The summed E-state index contributed by atoms with van der Waals surface area (Å²) in [5.74, 6) is 1.09. The fourth-order valence-electron chi connectivity index (χ4n) is 1.90. The lowest BCUT2D eigenvalue weighted by atomic mass is 10.1. The summed E-state index contributed by atoms with van der Waals surface area (Å²) in [7, 11) is 0. The van der Waals surface area contributed by atoms with Gasteiger partial charge in [0.15, 0.2) is 11.5 Å². The van der Waals surface area contributed by atoms with Crippen LogP contribution in [0.5, 0.6) is 11.5 Å². The average Bonchev–Trinajstić information content (AvgIpc) is 2.46. The Kier molecular flexibility index (Phi) is 3.76. The van der Waals surface area contributed by atoms with Crippen molar-refractivity contribution in [1.82, 2.24) is 4.98 Å². The van der Waals surface area contributed by atoms with Crippen LogP contribution in [0.25, 0.3) is 0 Å². The van der Waals surface area contributed by atoms with Gasteiger partial charge < -0.3 is 9.47 Å². The zero-order valence-electron chi connectivity index (χ0n) is 10.2. The van der Waals surface area contributed by atoms with Crippen LogP contribution < -0.4 is 9.47 Å². The highest BCUT2D eigenvalue weighted by molar-refractivity contribution is 9.11. The molecule has 102 valence electrons. The van der Waals surface area contributed by atoms with Gasteiger partial charge in [-0.1, -0.05) is 0 Å². The third-order valence-corrected chi connectivity index (χ3v) is 3.87. The first kappa shape index (κ1) is 13.6. The molecule has 6 heteroatoms. The molecule has 1 aliphatic heterocycles. The molecule has 2 aromatic rings. The number of halogens is 2. The van der Waals surface area contributed by atoms with E-state index in [1.165, 1.54) is 0 Å². The van der Waals surface area contributed by atoms with Crippen LogP contribution in [-0.4, -0.2) is 24.0 Å². The molecule has 0 amide bonds. The van der Waals surface area contributed by atoms with Crippen LogP contribution in [0.4, 0.5) is 0 Å². The predicted molar refractivity (Wildman–Crippen MR) is 80.5 cm³/mol. The Bertz CT molecular complexity index is 688. The van der Waals surface area contributed by atoms with Crippen molar-refractivity contribution in [2.75, 3.05) is 13.2 Å². The summed E-state index contributed by atoms with van der Waals surface area (Å²) < 4.78 is 12.4. The Labute approximate surface area is 132 Å². The minimum atomic E-state index is -0.165. The molecule has 0 N–H and O–H groups in total. The van der Waals surface area contributed by atoms with Gasteiger partial charge in [-0.15, -0.1) is 0 Å². The van der Waals surface area contributed by atoms with Gasteiger partial charge in [0.25, 0.3) is 0 Å². The molecule has 0 atom stereocenters. The van der Waals surface area contributed by atoms with E-state index in [4.69, 9.17) is 9.47 Å². The van der Waals surface area contributed by atoms with Gasteiger partial charge in [0.05, 0.1) is 0 Å². The maximum absolute atomic E-state index is 12.5. The summed E-state index contributed by atoms with van der Waals surface area (Å²) in [5.41, 5.74) is 0.884. The number of carbonyl (C=O) groups excluding carboxylic acids is 1. The van der Waals surface area contributed by atoms with Gasteiger partial charge >= 0.3 is 0 Å². The predicted octanol–water partition coefficient (Wildman–Crippen LogP) is 3.61. The third-order valence-electron chi connectivity index (χ3n) is 2.83. The van der Waals surface area contributed by atoms with Crippen molar-refractivity contribution in [3.8, 4) is 11.5 Å². The molecule has 0 unspecified atom stereocenters. The molecule has 1 aliphatic rings. The van der Waals surface area contributed by atoms with Gasteiger partial charge in [-0.25, -0.2) is 0 Å². The highest BCUT2D eigenvalue weighted by atomic mass is 79.9. The van der Waals surface area contributed by atoms with Crippen molar-refractivity contribution in [2.24, 2.45) is 0 Å². The molecule has 3 rings (SSSR count). The standard InChI is InChI=1S/C14H9Br2NO3/c15-9-6-10(16)13(17-7-9)14(18)8-1-2-11-12(5-8)20-4-3-19-11/h1-2,5-7H,3-4H2. The number of rotatable bonds is 2. The van der Waals surface area contributed by atoms with Gasteiger partial charge in [0, 0.05) is 20.7 Å².